The molecule has 128 valence electrons. The van der Waals surface area contributed by atoms with Crippen LogP contribution in [0.4, 0.5) is 5.82 Å². The molecule has 0 aromatic carbocycles. The van der Waals surface area contributed by atoms with E-state index in [4.69, 9.17) is 4.74 Å². The average molecular weight is 330 g/mol. The number of piperazine rings is 1. The van der Waals surface area contributed by atoms with E-state index in [1.54, 1.807) is 6.20 Å². The second kappa shape index (κ2) is 6.27. The zero-order chi connectivity index (χ0) is 16.5. The van der Waals surface area contributed by atoms with Gasteiger partial charge in [0.2, 0.25) is 0 Å². The maximum Gasteiger partial charge on any atom is 0.257 e. The van der Waals surface area contributed by atoms with E-state index >= 15 is 0 Å². The Kier molecular flexibility index (Phi) is 3.97. The fourth-order valence-corrected chi connectivity index (χ4v) is 3.41. The van der Waals surface area contributed by atoms with Crippen LogP contribution in [0, 0.1) is 6.92 Å². The molecule has 2 aliphatic rings. The predicted octanol–water partition coefficient (Wildman–Crippen LogP) is 0.908. The van der Waals surface area contributed by atoms with Crippen molar-refractivity contribution in [3.63, 3.8) is 0 Å². The summed E-state index contributed by atoms with van der Waals surface area (Å²) in [4.78, 5) is 17.0. The molecule has 0 bridgehead atoms. The largest absolute Gasteiger partial charge is 0.381 e. The molecule has 4 rings (SSSR count). The van der Waals surface area contributed by atoms with E-state index in [1.165, 1.54) is 0 Å². The molecule has 2 N–H and O–H groups in total. The van der Waals surface area contributed by atoms with Crippen molar-refractivity contribution in [3.05, 3.63) is 29.2 Å². The Morgan fingerprint density at radius 1 is 1.29 bits per heavy atom. The highest BCUT2D eigenvalue weighted by Crippen LogP contribution is 2.27. The summed E-state index contributed by atoms with van der Waals surface area (Å²) in [5, 5.41) is 14.4. The van der Waals surface area contributed by atoms with Crippen LogP contribution in [-0.2, 0) is 4.74 Å². The van der Waals surface area contributed by atoms with E-state index in [-0.39, 0.29) is 11.8 Å². The van der Waals surface area contributed by atoms with Crippen LogP contribution in [0.15, 0.2) is 12.3 Å². The normalized spacial score (nSPS) is 21.5. The third-order valence-corrected chi connectivity index (χ3v) is 4.82. The zero-order valence-corrected chi connectivity index (χ0v) is 13.8. The van der Waals surface area contributed by atoms with Crippen molar-refractivity contribution in [2.24, 2.45) is 0 Å². The third-order valence-electron chi connectivity index (χ3n) is 4.82. The quantitative estimate of drug-likeness (QED) is 0.873. The maximum absolute atomic E-state index is 12.9. The fraction of sp³-hybridized carbons (Fsp3) is 0.562. The summed E-state index contributed by atoms with van der Waals surface area (Å²) >= 11 is 0. The number of aromatic nitrogens is 4. The number of ether oxygens (including phenoxy) is 1. The summed E-state index contributed by atoms with van der Waals surface area (Å²) in [5.41, 5.74) is 2.66. The lowest BCUT2D eigenvalue weighted by Gasteiger charge is -2.34. The number of amides is 1. The molecule has 1 atom stereocenters. The molecule has 8 nitrogen and oxygen atoms in total. The van der Waals surface area contributed by atoms with Crippen molar-refractivity contribution >= 4 is 11.7 Å². The van der Waals surface area contributed by atoms with Crippen molar-refractivity contribution in [3.8, 4) is 0 Å². The Balaban J connectivity index is 1.42. The number of nitrogens with zero attached hydrogens (tertiary/aromatic N) is 4. The number of nitrogens with one attached hydrogen (secondary N) is 2. The second-order valence-corrected chi connectivity index (χ2v) is 6.45. The Morgan fingerprint density at radius 3 is 2.79 bits per heavy atom. The highest BCUT2D eigenvalue weighted by molar-refractivity contribution is 5.95. The number of aromatic amines is 2. The first-order valence-corrected chi connectivity index (χ1v) is 8.39. The number of carbonyl (C=O) groups is 1. The highest BCUT2D eigenvalue weighted by atomic mass is 16.5. The average Bonchev–Trinajstić information content (AvgIpc) is 3.35. The van der Waals surface area contributed by atoms with Crippen molar-refractivity contribution in [1.29, 1.82) is 0 Å². The van der Waals surface area contributed by atoms with Crippen LogP contribution in [0.1, 0.15) is 34.1 Å². The first-order valence-electron chi connectivity index (χ1n) is 8.39. The SMILES string of the molecule is Cc1cc(N2CCN(C(=O)c3cn[nH]c3C3CCOC3)CC2)n[nH]1. The number of hydrogen-bond acceptors (Lipinski definition) is 5. The molecule has 0 spiro atoms. The Hall–Kier alpha value is -2.35. The van der Waals surface area contributed by atoms with Crippen LogP contribution in [0.25, 0.3) is 0 Å². The first kappa shape index (κ1) is 15.2. The molecule has 0 saturated carbocycles. The van der Waals surface area contributed by atoms with Gasteiger partial charge in [-0.05, 0) is 13.3 Å². The van der Waals surface area contributed by atoms with Gasteiger partial charge < -0.3 is 14.5 Å². The summed E-state index contributed by atoms with van der Waals surface area (Å²) in [6.45, 7) is 6.36. The predicted molar refractivity (Wildman–Crippen MR) is 88.2 cm³/mol. The van der Waals surface area contributed by atoms with Gasteiger partial charge in [-0.3, -0.25) is 15.0 Å². The molecule has 1 unspecified atom stereocenters. The smallest absolute Gasteiger partial charge is 0.257 e. The molecule has 2 saturated heterocycles. The molecule has 2 fully saturated rings. The maximum atomic E-state index is 12.9. The van der Waals surface area contributed by atoms with Crippen LogP contribution in [0.3, 0.4) is 0 Å². The van der Waals surface area contributed by atoms with Crippen molar-refractivity contribution in [2.75, 3.05) is 44.3 Å². The van der Waals surface area contributed by atoms with Crippen LogP contribution in [0.5, 0.6) is 0 Å². The lowest BCUT2D eigenvalue weighted by Crippen LogP contribution is -2.49. The van der Waals surface area contributed by atoms with Gasteiger partial charge in [0.15, 0.2) is 5.82 Å². The molecule has 8 heteroatoms. The molecule has 0 aliphatic carbocycles. The van der Waals surface area contributed by atoms with E-state index in [0.29, 0.717) is 25.3 Å². The van der Waals surface area contributed by atoms with Crippen molar-refractivity contribution in [1.82, 2.24) is 25.3 Å². The molecule has 24 heavy (non-hydrogen) atoms. The topological polar surface area (TPSA) is 90.1 Å². The molecule has 2 aliphatic heterocycles. The lowest BCUT2D eigenvalue weighted by atomic mass is 10.0. The Morgan fingerprint density at radius 2 is 2.12 bits per heavy atom. The van der Waals surface area contributed by atoms with Crippen molar-refractivity contribution in [2.45, 2.75) is 19.3 Å². The molecule has 2 aromatic rings. The van der Waals surface area contributed by atoms with Gasteiger partial charge in [-0.1, -0.05) is 0 Å². The number of rotatable bonds is 3. The summed E-state index contributed by atoms with van der Waals surface area (Å²) in [7, 11) is 0. The van der Waals surface area contributed by atoms with E-state index in [9.17, 15) is 4.79 Å². The van der Waals surface area contributed by atoms with Gasteiger partial charge in [-0.2, -0.15) is 10.2 Å². The van der Waals surface area contributed by atoms with Gasteiger partial charge in [-0.15, -0.1) is 0 Å². The standard InChI is InChI=1S/C16H22N6O2/c1-11-8-14(19-18-11)21-3-5-22(6-4-21)16(23)13-9-17-20-15(13)12-2-7-24-10-12/h8-9,12H,2-7,10H2,1H3,(H,17,20)(H,18,19). The minimum absolute atomic E-state index is 0.0588. The molecular formula is C16H22N6O2. The van der Waals surface area contributed by atoms with Gasteiger partial charge in [-0.25, -0.2) is 0 Å². The van der Waals surface area contributed by atoms with Crippen LogP contribution in [-0.4, -0.2) is 70.6 Å². The van der Waals surface area contributed by atoms with Gasteiger partial charge >= 0.3 is 0 Å². The zero-order valence-electron chi connectivity index (χ0n) is 13.8. The van der Waals surface area contributed by atoms with E-state index in [1.807, 2.05) is 17.9 Å². The van der Waals surface area contributed by atoms with Crippen LogP contribution in [0.2, 0.25) is 0 Å². The molecule has 2 aromatic heterocycles. The van der Waals surface area contributed by atoms with Gasteiger partial charge in [0.1, 0.15) is 0 Å². The fourth-order valence-electron chi connectivity index (χ4n) is 3.41. The van der Waals surface area contributed by atoms with E-state index < -0.39 is 0 Å². The minimum atomic E-state index is 0.0588. The first-order chi connectivity index (χ1) is 11.7. The molecule has 1 amide bonds. The monoisotopic (exact) mass is 330 g/mol. The number of aryl methyl sites for hydroxylation is 1. The summed E-state index contributed by atoms with van der Waals surface area (Å²) in [5.74, 6) is 1.26. The van der Waals surface area contributed by atoms with Gasteiger partial charge in [0.05, 0.1) is 24.1 Å². The number of hydrogen-bond donors (Lipinski definition) is 2. The lowest BCUT2D eigenvalue weighted by molar-refractivity contribution is 0.0745. The minimum Gasteiger partial charge on any atom is -0.381 e. The van der Waals surface area contributed by atoms with Gasteiger partial charge in [0, 0.05) is 50.5 Å². The molecule has 4 heterocycles. The number of anilines is 1. The number of carbonyl (C=O) groups excluding carboxylic acids is 1. The summed E-state index contributed by atoms with van der Waals surface area (Å²) < 4.78 is 5.44. The third kappa shape index (κ3) is 2.77. The van der Waals surface area contributed by atoms with Crippen molar-refractivity contribution < 1.29 is 9.53 Å². The summed E-state index contributed by atoms with van der Waals surface area (Å²) in [6, 6.07) is 2.03. The molecule has 0 radical (unpaired) electrons. The highest BCUT2D eigenvalue weighted by Gasteiger charge is 2.29. The van der Waals surface area contributed by atoms with Crippen LogP contribution < -0.4 is 4.90 Å². The Labute approximate surface area is 140 Å². The summed E-state index contributed by atoms with van der Waals surface area (Å²) in [6.07, 6.45) is 2.59. The molecular weight excluding hydrogens is 308 g/mol. The van der Waals surface area contributed by atoms with Crippen LogP contribution >= 0.6 is 0 Å². The van der Waals surface area contributed by atoms with E-state index in [0.717, 1.165) is 43.3 Å². The Bertz CT molecular complexity index is 710. The van der Waals surface area contributed by atoms with E-state index in [2.05, 4.69) is 25.3 Å². The second-order valence-electron chi connectivity index (χ2n) is 6.45. The number of H-pyrrole nitrogens is 2. The van der Waals surface area contributed by atoms with Gasteiger partial charge in [0.25, 0.3) is 5.91 Å².